The molecule has 2 unspecified atom stereocenters. The molecule has 18 heavy (non-hydrogen) atoms. The summed E-state index contributed by atoms with van der Waals surface area (Å²) in [7, 11) is 0. The largest absolute Gasteiger partial charge is 0.311 e. The third-order valence-corrected chi connectivity index (χ3v) is 5.66. The normalized spacial score (nSPS) is 37.2. The Morgan fingerprint density at radius 1 is 0.889 bits per heavy atom. The van der Waals surface area contributed by atoms with Crippen LogP contribution in [0.15, 0.2) is 0 Å². The lowest BCUT2D eigenvalue weighted by Crippen LogP contribution is -2.60. The lowest BCUT2D eigenvalue weighted by Gasteiger charge is -2.45. The molecule has 1 heterocycles. The molecule has 2 aliphatic carbocycles. The highest BCUT2D eigenvalue weighted by molar-refractivity contribution is 4.92. The molecule has 3 rings (SSSR count). The minimum atomic E-state index is 0.757. The van der Waals surface area contributed by atoms with E-state index < -0.39 is 0 Å². The highest BCUT2D eigenvalue weighted by Gasteiger charge is 2.35. The van der Waals surface area contributed by atoms with Gasteiger partial charge in [-0.1, -0.05) is 32.1 Å². The van der Waals surface area contributed by atoms with E-state index in [-0.39, 0.29) is 0 Å². The van der Waals surface area contributed by atoms with Crippen molar-refractivity contribution in [1.82, 2.24) is 10.2 Å². The molecule has 0 radical (unpaired) electrons. The molecule has 1 saturated heterocycles. The van der Waals surface area contributed by atoms with Gasteiger partial charge in [-0.3, -0.25) is 4.90 Å². The van der Waals surface area contributed by atoms with E-state index in [0.717, 1.165) is 24.0 Å². The molecule has 2 atom stereocenters. The molecule has 3 aliphatic rings. The summed E-state index contributed by atoms with van der Waals surface area (Å²) in [6.45, 7) is 4.97. The number of hydrogen-bond acceptors (Lipinski definition) is 2. The van der Waals surface area contributed by atoms with Gasteiger partial charge in [-0.25, -0.2) is 0 Å². The number of rotatable bonds is 2. The van der Waals surface area contributed by atoms with E-state index in [1.165, 1.54) is 70.9 Å². The van der Waals surface area contributed by atoms with Crippen molar-refractivity contribution in [3.63, 3.8) is 0 Å². The van der Waals surface area contributed by atoms with Gasteiger partial charge in [0.05, 0.1) is 0 Å². The maximum absolute atomic E-state index is 3.85. The fourth-order valence-electron chi connectivity index (χ4n) is 4.51. The Morgan fingerprint density at radius 2 is 1.56 bits per heavy atom. The average Bonchev–Trinajstić information content (AvgIpc) is 2.94. The Hall–Kier alpha value is -0.0800. The highest BCUT2D eigenvalue weighted by Crippen LogP contribution is 2.31. The molecule has 3 fully saturated rings. The summed E-state index contributed by atoms with van der Waals surface area (Å²) in [5.74, 6) is 0.968. The van der Waals surface area contributed by atoms with E-state index in [4.69, 9.17) is 0 Å². The number of nitrogens with one attached hydrogen (secondary N) is 1. The van der Waals surface area contributed by atoms with Crippen molar-refractivity contribution >= 4 is 0 Å². The van der Waals surface area contributed by atoms with Crippen LogP contribution in [0, 0.1) is 5.92 Å². The smallest absolute Gasteiger partial charge is 0.0224 e. The summed E-state index contributed by atoms with van der Waals surface area (Å²) in [5.41, 5.74) is 0. The first-order valence-electron chi connectivity index (χ1n) is 8.34. The number of nitrogens with zero attached hydrogens (tertiary/aromatic N) is 1. The Balaban J connectivity index is 1.60. The first-order valence-corrected chi connectivity index (χ1v) is 8.34. The second-order valence-electron chi connectivity index (χ2n) is 6.90. The van der Waals surface area contributed by atoms with Crippen LogP contribution in [-0.2, 0) is 0 Å². The number of piperazine rings is 1. The minimum absolute atomic E-state index is 0.757. The summed E-state index contributed by atoms with van der Waals surface area (Å²) in [4.78, 5) is 2.85. The number of hydrogen-bond donors (Lipinski definition) is 1. The van der Waals surface area contributed by atoms with Gasteiger partial charge in [0, 0.05) is 31.2 Å². The van der Waals surface area contributed by atoms with Gasteiger partial charge in [0.15, 0.2) is 0 Å². The van der Waals surface area contributed by atoms with Crippen LogP contribution < -0.4 is 5.32 Å². The fourth-order valence-corrected chi connectivity index (χ4v) is 4.51. The first-order chi connectivity index (χ1) is 8.84. The van der Waals surface area contributed by atoms with Crippen LogP contribution in [0.5, 0.6) is 0 Å². The Labute approximate surface area is 113 Å². The fraction of sp³-hybridized carbons (Fsp3) is 1.00. The molecule has 2 saturated carbocycles. The molecule has 104 valence electrons. The van der Waals surface area contributed by atoms with Gasteiger partial charge in [-0.05, 0) is 38.5 Å². The predicted molar refractivity (Wildman–Crippen MR) is 76.8 cm³/mol. The van der Waals surface area contributed by atoms with E-state index in [1.54, 1.807) is 0 Å². The van der Waals surface area contributed by atoms with E-state index in [2.05, 4.69) is 17.1 Å². The van der Waals surface area contributed by atoms with Crippen molar-refractivity contribution in [1.29, 1.82) is 0 Å². The van der Waals surface area contributed by atoms with E-state index in [9.17, 15) is 0 Å². The predicted octanol–water partition coefficient (Wildman–Crippen LogP) is 3.17. The third-order valence-electron chi connectivity index (χ3n) is 5.66. The van der Waals surface area contributed by atoms with E-state index in [1.807, 2.05) is 0 Å². The van der Waals surface area contributed by atoms with Gasteiger partial charge < -0.3 is 5.32 Å². The van der Waals surface area contributed by atoms with Crippen molar-refractivity contribution < 1.29 is 0 Å². The highest BCUT2D eigenvalue weighted by atomic mass is 15.3. The van der Waals surface area contributed by atoms with Crippen molar-refractivity contribution in [3.05, 3.63) is 0 Å². The molecule has 0 aromatic heterocycles. The van der Waals surface area contributed by atoms with Crippen LogP contribution in [-0.4, -0.2) is 36.1 Å². The molecule has 2 nitrogen and oxygen atoms in total. The van der Waals surface area contributed by atoms with Crippen molar-refractivity contribution in [3.8, 4) is 0 Å². The molecule has 1 N–H and O–H groups in total. The van der Waals surface area contributed by atoms with Gasteiger partial charge >= 0.3 is 0 Å². The quantitative estimate of drug-likeness (QED) is 0.810. The van der Waals surface area contributed by atoms with Crippen LogP contribution >= 0.6 is 0 Å². The standard InChI is InChI=1S/C16H30N2/c1-13-11-17-16(14-7-3-2-4-8-14)12-18(13)15-9-5-6-10-15/h13-17H,2-12H2,1H3. The van der Waals surface area contributed by atoms with Crippen LogP contribution in [0.25, 0.3) is 0 Å². The van der Waals surface area contributed by atoms with Crippen LogP contribution in [0.2, 0.25) is 0 Å². The zero-order valence-electron chi connectivity index (χ0n) is 12.0. The first kappa shape index (κ1) is 12.9. The minimum Gasteiger partial charge on any atom is -0.311 e. The molecule has 0 bridgehead atoms. The van der Waals surface area contributed by atoms with Crippen molar-refractivity contribution in [2.75, 3.05) is 13.1 Å². The molecule has 0 spiro atoms. The van der Waals surface area contributed by atoms with E-state index in [0.29, 0.717) is 0 Å². The summed E-state index contributed by atoms with van der Waals surface area (Å²) < 4.78 is 0. The molecule has 0 aromatic rings. The lowest BCUT2D eigenvalue weighted by atomic mass is 9.82. The zero-order chi connectivity index (χ0) is 12.4. The van der Waals surface area contributed by atoms with Gasteiger partial charge in [0.1, 0.15) is 0 Å². The second-order valence-corrected chi connectivity index (χ2v) is 6.90. The lowest BCUT2D eigenvalue weighted by molar-refractivity contribution is 0.0678. The molecule has 2 heteroatoms. The SMILES string of the molecule is CC1CNC(C2CCCCC2)CN1C1CCCC1. The van der Waals surface area contributed by atoms with Crippen molar-refractivity contribution in [2.24, 2.45) is 5.92 Å². The summed E-state index contributed by atoms with van der Waals surface area (Å²) in [5, 5.41) is 3.85. The maximum atomic E-state index is 3.85. The average molecular weight is 250 g/mol. The summed E-state index contributed by atoms with van der Waals surface area (Å²) >= 11 is 0. The molecular weight excluding hydrogens is 220 g/mol. The third kappa shape index (κ3) is 2.75. The molecule has 0 amide bonds. The maximum Gasteiger partial charge on any atom is 0.0224 e. The van der Waals surface area contributed by atoms with Crippen LogP contribution in [0.1, 0.15) is 64.7 Å². The van der Waals surface area contributed by atoms with Gasteiger partial charge in [0.25, 0.3) is 0 Å². The van der Waals surface area contributed by atoms with Crippen LogP contribution in [0.3, 0.4) is 0 Å². The molecule has 0 aromatic carbocycles. The zero-order valence-corrected chi connectivity index (χ0v) is 12.0. The second kappa shape index (κ2) is 5.92. The van der Waals surface area contributed by atoms with Gasteiger partial charge in [-0.2, -0.15) is 0 Å². The summed E-state index contributed by atoms with van der Waals surface area (Å²) in [6.07, 6.45) is 13.2. The molecular formula is C16H30N2. The van der Waals surface area contributed by atoms with Crippen LogP contribution in [0.4, 0.5) is 0 Å². The monoisotopic (exact) mass is 250 g/mol. The Bertz CT molecular complexity index is 254. The topological polar surface area (TPSA) is 15.3 Å². The van der Waals surface area contributed by atoms with Crippen molar-refractivity contribution in [2.45, 2.75) is 82.8 Å². The Morgan fingerprint density at radius 3 is 2.28 bits per heavy atom. The summed E-state index contributed by atoms with van der Waals surface area (Å²) in [6, 6.07) is 2.46. The van der Waals surface area contributed by atoms with E-state index >= 15 is 0 Å². The van der Waals surface area contributed by atoms with Gasteiger partial charge in [0.2, 0.25) is 0 Å². The molecule has 1 aliphatic heterocycles. The Kier molecular flexibility index (Phi) is 4.25. The van der Waals surface area contributed by atoms with Gasteiger partial charge in [-0.15, -0.1) is 0 Å².